The highest BCUT2D eigenvalue weighted by molar-refractivity contribution is 7.15. The lowest BCUT2D eigenvalue weighted by Gasteiger charge is -2.20. The van der Waals surface area contributed by atoms with Crippen LogP contribution in [0.1, 0.15) is 23.5 Å². The largest absolute Gasteiger partial charge is 0.402 e. The summed E-state index contributed by atoms with van der Waals surface area (Å²) >= 11 is 1.49. The second-order valence-electron chi connectivity index (χ2n) is 4.94. The van der Waals surface area contributed by atoms with E-state index >= 15 is 0 Å². The van der Waals surface area contributed by atoms with Crippen molar-refractivity contribution in [1.82, 2.24) is 15.2 Å². The van der Waals surface area contributed by atoms with E-state index in [0.717, 1.165) is 28.4 Å². The average Bonchev–Trinajstić information content (AvgIpc) is 3.06. The average molecular weight is 308 g/mol. The minimum Gasteiger partial charge on any atom is -0.402 e. The first-order valence-electron chi connectivity index (χ1n) is 6.80. The predicted molar refractivity (Wildman–Crippen MR) is 77.1 cm³/mol. The number of carbonyl (C=O) groups is 1. The molecular weight excluding hydrogens is 292 g/mol. The van der Waals surface area contributed by atoms with Gasteiger partial charge in [-0.15, -0.1) is 16.4 Å². The second-order valence-corrected chi connectivity index (χ2v) is 6.14. The lowest BCUT2D eigenvalue weighted by molar-refractivity contribution is -0.122. The molecule has 3 rings (SSSR count). The van der Waals surface area contributed by atoms with Crippen molar-refractivity contribution >= 4 is 23.3 Å². The minimum atomic E-state index is -0.0919. The highest BCUT2D eigenvalue weighted by Crippen LogP contribution is 2.29. The third-order valence-corrected chi connectivity index (χ3v) is 4.41. The quantitative estimate of drug-likeness (QED) is 0.934. The monoisotopic (exact) mass is 308 g/mol. The number of carbonyl (C=O) groups excluding carboxylic acids is 1. The first kappa shape index (κ1) is 14.2. The molecule has 7 nitrogen and oxygen atoms in total. The molecule has 112 valence electrons. The molecule has 21 heavy (non-hydrogen) atoms. The van der Waals surface area contributed by atoms with E-state index in [9.17, 15) is 4.79 Å². The standard InChI is InChI=1S/C13H16N4O3S/c1-7-10(21-8(2)14-7)12-16-17-13(20-12)15-11(18)9-3-5-19-6-4-9/h9H,3-6H2,1-2H3,(H,15,17,18). The van der Waals surface area contributed by atoms with Crippen molar-refractivity contribution in [2.24, 2.45) is 5.92 Å². The maximum atomic E-state index is 12.1. The number of ether oxygens (including phenoxy) is 1. The lowest BCUT2D eigenvalue weighted by Crippen LogP contribution is -2.28. The van der Waals surface area contributed by atoms with Crippen LogP contribution in [0.25, 0.3) is 10.8 Å². The Kier molecular flexibility index (Phi) is 3.98. The zero-order valence-corrected chi connectivity index (χ0v) is 12.7. The Morgan fingerprint density at radius 1 is 1.29 bits per heavy atom. The summed E-state index contributed by atoms with van der Waals surface area (Å²) in [6.45, 7) is 5.05. The van der Waals surface area contributed by atoms with E-state index < -0.39 is 0 Å². The maximum absolute atomic E-state index is 12.1. The number of hydrogen-bond acceptors (Lipinski definition) is 7. The summed E-state index contributed by atoms with van der Waals surface area (Å²) in [6.07, 6.45) is 1.44. The fourth-order valence-corrected chi connectivity index (χ4v) is 3.10. The number of rotatable bonds is 3. The van der Waals surface area contributed by atoms with Crippen LogP contribution in [0.3, 0.4) is 0 Å². The highest BCUT2D eigenvalue weighted by atomic mass is 32.1. The molecule has 2 aromatic heterocycles. The molecule has 1 N–H and O–H groups in total. The van der Waals surface area contributed by atoms with E-state index in [0.29, 0.717) is 19.1 Å². The van der Waals surface area contributed by atoms with E-state index in [1.54, 1.807) is 0 Å². The molecule has 0 bridgehead atoms. The Labute approximate surface area is 125 Å². The van der Waals surface area contributed by atoms with Gasteiger partial charge in [0.2, 0.25) is 5.91 Å². The third kappa shape index (κ3) is 3.11. The summed E-state index contributed by atoms with van der Waals surface area (Å²) in [4.78, 5) is 17.2. The summed E-state index contributed by atoms with van der Waals surface area (Å²) in [6, 6.07) is 0.131. The number of thiazole rings is 1. The normalized spacial score (nSPS) is 16.1. The Morgan fingerprint density at radius 2 is 2.05 bits per heavy atom. The van der Waals surface area contributed by atoms with Gasteiger partial charge in [-0.3, -0.25) is 10.1 Å². The van der Waals surface area contributed by atoms with Gasteiger partial charge in [-0.05, 0) is 26.7 Å². The molecular formula is C13H16N4O3S. The number of aromatic nitrogens is 3. The second kappa shape index (κ2) is 5.90. The number of nitrogens with one attached hydrogen (secondary N) is 1. The van der Waals surface area contributed by atoms with Gasteiger partial charge in [0.05, 0.1) is 10.7 Å². The SMILES string of the molecule is Cc1nc(C)c(-c2nnc(NC(=O)C3CCOCC3)o2)s1. The van der Waals surface area contributed by atoms with Crippen LogP contribution in [0.15, 0.2) is 4.42 Å². The van der Waals surface area contributed by atoms with Crippen molar-refractivity contribution in [3.63, 3.8) is 0 Å². The van der Waals surface area contributed by atoms with Gasteiger partial charge in [0.1, 0.15) is 4.88 Å². The van der Waals surface area contributed by atoms with Crippen molar-refractivity contribution in [1.29, 1.82) is 0 Å². The number of hydrogen-bond donors (Lipinski definition) is 1. The van der Waals surface area contributed by atoms with Crippen molar-refractivity contribution in [3.8, 4) is 10.8 Å². The smallest absolute Gasteiger partial charge is 0.322 e. The van der Waals surface area contributed by atoms with Crippen LogP contribution in [0.4, 0.5) is 6.01 Å². The zero-order chi connectivity index (χ0) is 14.8. The first-order chi connectivity index (χ1) is 10.1. The van der Waals surface area contributed by atoms with Gasteiger partial charge in [-0.25, -0.2) is 4.98 Å². The molecule has 1 saturated heterocycles. The molecule has 0 radical (unpaired) electrons. The highest BCUT2D eigenvalue weighted by Gasteiger charge is 2.23. The van der Waals surface area contributed by atoms with Crippen LogP contribution in [0.2, 0.25) is 0 Å². The van der Waals surface area contributed by atoms with Gasteiger partial charge >= 0.3 is 6.01 Å². The molecule has 0 aromatic carbocycles. The van der Waals surface area contributed by atoms with Gasteiger partial charge in [-0.1, -0.05) is 5.10 Å². The fraction of sp³-hybridized carbons (Fsp3) is 0.538. The van der Waals surface area contributed by atoms with Gasteiger partial charge in [0.25, 0.3) is 5.89 Å². The van der Waals surface area contributed by atoms with Gasteiger partial charge in [-0.2, -0.15) is 0 Å². The van der Waals surface area contributed by atoms with Crippen LogP contribution < -0.4 is 5.32 Å². The number of aryl methyl sites for hydroxylation is 2. The molecule has 0 unspecified atom stereocenters. The number of anilines is 1. The van der Waals surface area contributed by atoms with Gasteiger partial charge < -0.3 is 9.15 Å². The first-order valence-corrected chi connectivity index (χ1v) is 7.61. The molecule has 1 fully saturated rings. The fourth-order valence-electron chi connectivity index (χ4n) is 2.26. The van der Waals surface area contributed by atoms with Gasteiger partial charge in [0.15, 0.2) is 0 Å². The Bertz CT molecular complexity index is 646. The molecule has 1 amide bonds. The summed E-state index contributed by atoms with van der Waals surface area (Å²) < 4.78 is 10.8. The van der Waals surface area contributed by atoms with Crippen LogP contribution in [0.5, 0.6) is 0 Å². The minimum absolute atomic E-state index is 0.0542. The molecule has 1 aliphatic heterocycles. The molecule has 0 saturated carbocycles. The van der Waals surface area contributed by atoms with Crippen molar-refractivity contribution < 1.29 is 13.9 Å². The molecule has 0 aliphatic carbocycles. The summed E-state index contributed by atoms with van der Waals surface area (Å²) in [5.41, 5.74) is 0.850. The van der Waals surface area contributed by atoms with Crippen LogP contribution >= 0.6 is 11.3 Å². The number of nitrogens with zero attached hydrogens (tertiary/aromatic N) is 3. The van der Waals surface area contributed by atoms with Gasteiger partial charge in [0, 0.05) is 19.1 Å². The summed E-state index contributed by atoms with van der Waals surface area (Å²) in [5, 5.41) is 11.5. The van der Waals surface area contributed by atoms with E-state index in [1.807, 2.05) is 13.8 Å². The number of amides is 1. The van der Waals surface area contributed by atoms with E-state index in [4.69, 9.17) is 9.15 Å². The van der Waals surface area contributed by atoms with Crippen molar-refractivity contribution in [2.75, 3.05) is 18.5 Å². The van der Waals surface area contributed by atoms with Crippen LogP contribution in [-0.2, 0) is 9.53 Å². The lowest BCUT2D eigenvalue weighted by atomic mass is 10.00. The maximum Gasteiger partial charge on any atom is 0.322 e. The van der Waals surface area contributed by atoms with E-state index in [1.165, 1.54) is 11.3 Å². The zero-order valence-electron chi connectivity index (χ0n) is 11.9. The van der Waals surface area contributed by atoms with Crippen LogP contribution in [0, 0.1) is 19.8 Å². The topological polar surface area (TPSA) is 90.1 Å². The van der Waals surface area contributed by atoms with Crippen molar-refractivity contribution in [2.45, 2.75) is 26.7 Å². The van der Waals surface area contributed by atoms with E-state index in [2.05, 4.69) is 20.5 Å². The Hall–Kier alpha value is -1.80. The molecule has 0 spiro atoms. The predicted octanol–water partition coefficient (Wildman–Crippen LogP) is 2.18. The summed E-state index contributed by atoms with van der Waals surface area (Å²) in [5.74, 6) is 0.243. The molecule has 3 heterocycles. The molecule has 2 aromatic rings. The molecule has 0 atom stereocenters. The Morgan fingerprint density at radius 3 is 2.71 bits per heavy atom. The summed E-state index contributed by atoms with van der Waals surface area (Å²) in [7, 11) is 0. The molecule has 8 heteroatoms. The third-order valence-electron chi connectivity index (χ3n) is 3.34. The van der Waals surface area contributed by atoms with E-state index in [-0.39, 0.29) is 17.8 Å². The Balaban J connectivity index is 1.70. The van der Waals surface area contributed by atoms with Crippen LogP contribution in [-0.4, -0.2) is 34.3 Å². The molecule has 1 aliphatic rings. The van der Waals surface area contributed by atoms with Crippen molar-refractivity contribution in [3.05, 3.63) is 10.7 Å².